The molecule has 1 aliphatic heterocycles. The molecule has 1 heterocycles. The third-order valence-corrected chi connectivity index (χ3v) is 11.5. The highest BCUT2D eigenvalue weighted by Crippen LogP contribution is 2.62. The second-order valence-corrected chi connectivity index (χ2v) is 15.0. The molecule has 11 heteroatoms. The van der Waals surface area contributed by atoms with Gasteiger partial charge in [-0.1, -0.05) is 55.3 Å². The molecule has 0 aromatic heterocycles. The van der Waals surface area contributed by atoms with E-state index < -0.39 is 17.9 Å². The molecule has 2 aliphatic carbocycles. The Bertz CT molecular complexity index is 1540. The zero-order valence-corrected chi connectivity index (χ0v) is 32.4. The summed E-state index contributed by atoms with van der Waals surface area (Å²) < 4.78 is 26.2. The molecule has 2 aromatic carbocycles. The van der Waals surface area contributed by atoms with Crippen molar-refractivity contribution in [3.05, 3.63) is 78.4 Å². The van der Waals surface area contributed by atoms with Crippen molar-refractivity contribution in [2.75, 3.05) is 52.4 Å². The van der Waals surface area contributed by atoms with Crippen LogP contribution in [0.25, 0.3) is 0 Å². The number of rotatable bonds is 21. The minimum atomic E-state index is -1.30. The Morgan fingerprint density at radius 3 is 2.57 bits per heavy atom. The molecule has 0 radical (unpaired) electrons. The molecule has 5 rings (SSSR count). The van der Waals surface area contributed by atoms with Crippen molar-refractivity contribution in [1.82, 2.24) is 4.90 Å². The number of ether oxygens (including phenoxy) is 4. The Balaban J connectivity index is 1.66. The number of carbonyl (C=O) groups excluding carboxylic acids is 1. The number of benzene rings is 2. The number of thioether (sulfide) groups is 1. The maximum Gasteiger partial charge on any atom is 0.410 e. The summed E-state index contributed by atoms with van der Waals surface area (Å²) in [6.07, 6.45) is 9.56. The Labute approximate surface area is 319 Å². The van der Waals surface area contributed by atoms with Crippen LogP contribution in [-0.2, 0) is 14.3 Å². The monoisotopic (exact) mass is 750 g/mol. The van der Waals surface area contributed by atoms with Crippen LogP contribution in [0.5, 0.6) is 11.5 Å². The van der Waals surface area contributed by atoms with Crippen molar-refractivity contribution in [3.63, 3.8) is 0 Å². The van der Waals surface area contributed by atoms with Gasteiger partial charge in [0.25, 0.3) is 0 Å². The molecule has 290 valence electrons. The lowest BCUT2D eigenvalue weighted by Gasteiger charge is -2.59. The van der Waals surface area contributed by atoms with Crippen LogP contribution in [0.3, 0.4) is 0 Å². The largest absolute Gasteiger partial charge is 0.493 e. The van der Waals surface area contributed by atoms with E-state index >= 15 is 0 Å². The standard InChI is InChI=1S/C42H58N2O8S/c1-5-21-44(41(47)49-7-3)38-29-36(43-48-4)34-27-30(15-11-13-22-45)33(18-12-14-23-46)39-35-28-31(50-25-26-53-32-16-9-8-10-17-32)19-20-37(35)52-42(38,40(34)39)51-24-6-2/h6,8-10,16-17,19-20,27-28,30,33,38-40,45-46H,2,5,7,11-15,18,21-26,29H2,1,3-4H3/t30-,33+,38-,39+,40+,42+/m0/s1. The van der Waals surface area contributed by atoms with Crippen molar-refractivity contribution in [2.45, 2.75) is 87.9 Å². The predicted octanol–water partition coefficient (Wildman–Crippen LogP) is 7.99. The summed E-state index contributed by atoms with van der Waals surface area (Å²) in [4.78, 5) is 22.3. The summed E-state index contributed by atoms with van der Waals surface area (Å²) in [5.41, 5.74) is 2.79. The maximum absolute atomic E-state index is 13.8. The Morgan fingerprint density at radius 1 is 1.09 bits per heavy atom. The van der Waals surface area contributed by atoms with Crippen LogP contribution in [-0.4, -0.2) is 91.2 Å². The summed E-state index contributed by atoms with van der Waals surface area (Å²) in [7, 11) is 1.55. The van der Waals surface area contributed by atoms with Crippen molar-refractivity contribution in [3.8, 4) is 11.5 Å². The molecule has 10 nitrogen and oxygen atoms in total. The van der Waals surface area contributed by atoms with Crippen LogP contribution in [0.15, 0.2) is 82.9 Å². The summed E-state index contributed by atoms with van der Waals surface area (Å²) in [6.45, 7) is 9.52. The fourth-order valence-electron chi connectivity index (χ4n) is 8.51. The molecule has 0 spiro atoms. The number of hydrogen-bond donors (Lipinski definition) is 2. The molecule has 1 saturated carbocycles. The average Bonchev–Trinajstić information content (AvgIpc) is 3.17. The van der Waals surface area contributed by atoms with Gasteiger partial charge in [-0.05, 0) is 86.8 Å². The number of nitrogens with zero attached hydrogens (tertiary/aromatic N) is 2. The molecule has 0 bridgehead atoms. The van der Waals surface area contributed by atoms with E-state index in [0.29, 0.717) is 38.2 Å². The van der Waals surface area contributed by atoms with Crippen LogP contribution in [0, 0.1) is 17.8 Å². The van der Waals surface area contributed by atoms with Gasteiger partial charge in [-0.3, -0.25) is 4.90 Å². The van der Waals surface area contributed by atoms with Crippen LogP contribution in [0.2, 0.25) is 0 Å². The zero-order valence-electron chi connectivity index (χ0n) is 31.6. The molecule has 0 saturated heterocycles. The summed E-state index contributed by atoms with van der Waals surface area (Å²) in [5.74, 6) is 0.769. The van der Waals surface area contributed by atoms with E-state index in [1.807, 2.05) is 44.2 Å². The maximum atomic E-state index is 13.8. The van der Waals surface area contributed by atoms with Crippen LogP contribution < -0.4 is 9.47 Å². The zero-order chi connectivity index (χ0) is 37.6. The topological polar surface area (TPSA) is 119 Å². The lowest BCUT2D eigenvalue weighted by Crippen LogP contribution is -2.70. The second kappa shape index (κ2) is 20.2. The van der Waals surface area contributed by atoms with Gasteiger partial charge in [-0.2, -0.15) is 0 Å². The summed E-state index contributed by atoms with van der Waals surface area (Å²) >= 11 is 1.76. The summed E-state index contributed by atoms with van der Waals surface area (Å²) in [5, 5.41) is 24.2. The first kappa shape index (κ1) is 40.7. The summed E-state index contributed by atoms with van der Waals surface area (Å²) in [6, 6.07) is 15.8. The van der Waals surface area contributed by atoms with Gasteiger partial charge in [-0.15, -0.1) is 18.3 Å². The third kappa shape index (κ3) is 9.42. The highest BCUT2D eigenvalue weighted by molar-refractivity contribution is 7.99. The van der Waals surface area contributed by atoms with Crippen molar-refractivity contribution in [2.24, 2.45) is 22.9 Å². The van der Waals surface area contributed by atoms with Gasteiger partial charge < -0.3 is 34.0 Å². The second-order valence-electron chi connectivity index (χ2n) is 13.9. The van der Waals surface area contributed by atoms with Crippen LogP contribution in [0.1, 0.15) is 76.7 Å². The Morgan fingerprint density at radius 2 is 1.87 bits per heavy atom. The number of amides is 1. The van der Waals surface area contributed by atoms with E-state index in [1.165, 1.54) is 4.90 Å². The molecule has 1 amide bonds. The number of hydrogen-bond acceptors (Lipinski definition) is 10. The lowest BCUT2D eigenvalue weighted by molar-refractivity contribution is -0.255. The van der Waals surface area contributed by atoms with Crippen LogP contribution in [0.4, 0.5) is 4.79 Å². The van der Waals surface area contributed by atoms with Crippen molar-refractivity contribution >= 4 is 23.6 Å². The average molecular weight is 751 g/mol. The van der Waals surface area contributed by atoms with E-state index in [-0.39, 0.29) is 50.1 Å². The van der Waals surface area contributed by atoms with E-state index in [4.69, 9.17) is 23.8 Å². The number of aliphatic hydroxyl groups excluding tert-OH is 2. The number of unbranched alkanes of at least 4 members (excludes halogenated alkanes) is 2. The fraction of sp³-hybridized carbons (Fsp3) is 0.571. The van der Waals surface area contributed by atoms with Gasteiger partial charge in [0.05, 0.1) is 31.5 Å². The molecule has 6 atom stereocenters. The van der Waals surface area contributed by atoms with Crippen molar-refractivity contribution < 1.29 is 38.8 Å². The van der Waals surface area contributed by atoms with Gasteiger partial charge in [0.1, 0.15) is 24.7 Å². The number of allylic oxidation sites excluding steroid dienone is 1. The molecular formula is C42H58N2O8S. The van der Waals surface area contributed by atoms with Crippen LogP contribution >= 0.6 is 11.8 Å². The van der Waals surface area contributed by atoms with E-state index in [0.717, 1.165) is 60.5 Å². The van der Waals surface area contributed by atoms with E-state index in [2.05, 4.69) is 36.0 Å². The van der Waals surface area contributed by atoms with Gasteiger partial charge in [0, 0.05) is 48.3 Å². The minimum absolute atomic E-state index is 0.112. The molecule has 53 heavy (non-hydrogen) atoms. The normalized spacial score (nSPS) is 25.0. The first-order valence-electron chi connectivity index (χ1n) is 19.3. The highest BCUT2D eigenvalue weighted by atomic mass is 32.2. The number of oxime groups is 1. The third-order valence-electron chi connectivity index (χ3n) is 10.6. The molecule has 2 aromatic rings. The molecular weight excluding hydrogens is 693 g/mol. The lowest BCUT2D eigenvalue weighted by atomic mass is 9.55. The first-order chi connectivity index (χ1) is 26.0. The Hall–Kier alpha value is -3.51. The molecule has 0 unspecified atom stereocenters. The fourth-order valence-corrected chi connectivity index (χ4v) is 9.26. The smallest absolute Gasteiger partial charge is 0.410 e. The van der Waals surface area contributed by atoms with E-state index in [1.54, 1.807) is 29.8 Å². The quantitative estimate of drug-likeness (QED) is 0.0567. The van der Waals surface area contributed by atoms with Gasteiger partial charge in [0.15, 0.2) is 0 Å². The Kier molecular flexibility index (Phi) is 15.5. The predicted molar refractivity (Wildman–Crippen MR) is 209 cm³/mol. The highest BCUT2D eigenvalue weighted by Gasteiger charge is 2.65. The number of fused-ring (bicyclic) bond motifs is 2. The molecule has 1 fully saturated rings. The minimum Gasteiger partial charge on any atom is -0.493 e. The van der Waals surface area contributed by atoms with Gasteiger partial charge >= 0.3 is 6.09 Å². The first-order valence-corrected chi connectivity index (χ1v) is 20.3. The SMILES string of the molecule is C=CCO[C@@]12Oc3ccc(OCCSc4ccccc4)cc3[C@H]3[C@H](CCCCO)[C@@H](CCCCO)C=C(C(=NOC)C[C@@H]1N(CCC)C(=O)OCC)[C@H]32. The number of carbonyl (C=O) groups is 1. The van der Waals surface area contributed by atoms with Crippen molar-refractivity contribution in [1.29, 1.82) is 0 Å². The van der Waals surface area contributed by atoms with Gasteiger partial charge in [-0.25, -0.2) is 4.79 Å². The molecule has 3 aliphatic rings. The molecule has 2 N–H and O–H groups in total. The van der Waals surface area contributed by atoms with E-state index in [9.17, 15) is 15.0 Å². The van der Waals surface area contributed by atoms with Gasteiger partial charge in [0.2, 0.25) is 5.79 Å². The number of aliphatic hydroxyl groups is 2.